The molecule has 1 aromatic carbocycles. The number of hydrogen-bond acceptors (Lipinski definition) is 3. The van der Waals surface area contributed by atoms with Gasteiger partial charge in [0.2, 0.25) is 6.08 Å². The summed E-state index contributed by atoms with van der Waals surface area (Å²) < 4.78 is 543. The van der Waals surface area contributed by atoms with Gasteiger partial charge in [-0.1, -0.05) is 0 Å². The number of halogens is 39. The molecule has 43 heteroatoms. The number of isocyanates is 1. The van der Waals surface area contributed by atoms with E-state index in [1.54, 1.807) is 0 Å². The minimum atomic E-state index is -10.6. The number of aryl methyl sites for hydroxylation is 1. The second-order valence-corrected chi connectivity index (χ2v) is 14.7. The van der Waals surface area contributed by atoms with Crippen LogP contribution < -0.4 is 5.32 Å². The molecule has 1 rings (SSSR count). The van der Waals surface area contributed by atoms with Crippen LogP contribution in [0.5, 0.6) is 0 Å². The highest BCUT2D eigenvalue weighted by atomic mass is 19.4. The Labute approximate surface area is 378 Å². The number of aliphatic imine (C=N–C) groups is 1. The minimum Gasteiger partial charge on any atom is -0.349 e. The van der Waals surface area contributed by atoms with Crippen molar-refractivity contribution in [3.63, 3.8) is 0 Å². The Bertz CT molecular complexity index is 2290. The summed E-state index contributed by atoms with van der Waals surface area (Å²) in [4.78, 5) is 25.6. The predicted octanol–water partition coefficient (Wildman–Crippen LogP) is 14.5. The molecular formula is C31H13F39N2O2. The first kappa shape index (κ1) is 67.4. The van der Waals surface area contributed by atoms with Gasteiger partial charge in [-0.15, -0.1) is 0 Å². The Balaban J connectivity index is 3.97. The second-order valence-electron chi connectivity index (χ2n) is 14.7. The fourth-order valence-corrected chi connectivity index (χ4v) is 5.26. The first-order valence-electron chi connectivity index (χ1n) is 17.1. The molecule has 1 N–H and O–H groups in total. The molecule has 0 aliphatic heterocycles. The Morgan fingerprint density at radius 1 is 0.419 bits per heavy atom. The number of benzene rings is 1. The molecular weight excluding hydrogens is 1170 g/mol. The molecule has 0 saturated heterocycles. The van der Waals surface area contributed by atoms with E-state index in [2.05, 4.69) is 4.99 Å². The molecule has 1 atom stereocenters. The molecule has 74 heavy (non-hydrogen) atoms. The third kappa shape index (κ3) is 8.54. The van der Waals surface area contributed by atoms with Crippen molar-refractivity contribution in [2.45, 2.75) is 139 Å². The fourth-order valence-electron chi connectivity index (χ4n) is 5.26. The standard InChI is InChI=1S/C31H13F39N2O2/c1-8-5-10(71-7-73)3-4-11(8)12(74)72-9(2)6-13(32,33)14(34,35)15(36,37)16(38,39)17(40,41)18(42,43)19(44,45)20(46,47)21(48,49)22(50,51)23(52,53)24(54,55)25(56,57)26(58,59)27(60,61)28(62,63)29(64,65)30(66,67)31(68,69)70/h3-5,9H,6H2,1-2H3,(H,72,74). The van der Waals surface area contributed by atoms with Crippen molar-refractivity contribution >= 4 is 17.7 Å². The van der Waals surface area contributed by atoms with E-state index in [1.807, 2.05) is 0 Å². The summed E-state index contributed by atoms with van der Waals surface area (Å²) in [5.41, 5.74) is -1.50. The largest absolute Gasteiger partial charge is 0.460 e. The molecule has 1 amide bonds. The zero-order chi connectivity index (χ0) is 60.3. The van der Waals surface area contributed by atoms with E-state index >= 15 is 0 Å². The summed E-state index contributed by atoms with van der Waals surface area (Å²) in [6.45, 7) is 0.884. The summed E-state index contributed by atoms with van der Waals surface area (Å²) in [7, 11) is 0. The van der Waals surface area contributed by atoms with E-state index < -0.39 is 137 Å². The third-order valence-corrected chi connectivity index (χ3v) is 9.69. The number of rotatable bonds is 22. The van der Waals surface area contributed by atoms with Crippen molar-refractivity contribution in [2.75, 3.05) is 0 Å². The first-order valence-corrected chi connectivity index (χ1v) is 17.1. The van der Waals surface area contributed by atoms with Gasteiger partial charge in [0.15, 0.2) is 0 Å². The lowest BCUT2D eigenvalue weighted by molar-refractivity contribution is -0.494. The highest BCUT2D eigenvalue weighted by molar-refractivity contribution is 5.96. The van der Waals surface area contributed by atoms with Gasteiger partial charge < -0.3 is 5.32 Å². The van der Waals surface area contributed by atoms with Gasteiger partial charge in [-0.05, 0) is 37.6 Å². The van der Waals surface area contributed by atoms with E-state index in [4.69, 9.17) is 0 Å². The fraction of sp³-hybridized carbons (Fsp3) is 0.742. The minimum absolute atomic E-state index is 0.0205. The van der Waals surface area contributed by atoms with E-state index in [0.717, 1.165) is 25.1 Å². The average Bonchev–Trinajstić information content (AvgIpc) is 3.18. The van der Waals surface area contributed by atoms with Crippen molar-refractivity contribution in [2.24, 2.45) is 4.99 Å². The van der Waals surface area contributed by atoms with Crippen LogP contribution in [0.1, 0.15) is 29.3 Å². The van der Waals surface area contributed by atoms with Crippen molar-refractivity contribution in [3.05, 3.63) is 29.3 Å². The van der Waals surface area contributed by atoms with Crippen LogP contribution in [0.25, 0.3) is 0 Å². The van der Waals surface area contributed by atoms with Gasteiger partial charge in [-0.3, -0.25) is 4.79 Å². The highest BCUT2D eigenvalue weighted by Gasteiger charge is 3.03. The van der Waals surface area contributed by atoms with E-state index in [9.17, 15) is 181 Å². The number of nitrogens with zero attached hydrogens (tertiary/aromatic N) is 1. The summed E-state index contributed by atoms with van der Waals surface area (Å²) in [6.07, 6.45) is -11.0. The first-order chi connectivity index (χ1) is 31.7. The van der Waals surface area contributed by atoms with Crippen LogP contribution in [-0.2, 0) is 4.79 Å². The molecule has 0 fully saturated rings. The van der Waals surface area contributed by atoms with Gasteiger partial charge in [0.05, 0.1) is 5.69 Å². The number of amides is 1. The van der Waals surface area contributed by atoms with Crippen molar-refractivity contribution in [1.29, 1.82) is 0 Å². The zero-order valence-electron chi connectivity index (χ0n) is 33.5. The Morgan fingerprint density at radius 2 is 0.649 bits per heavy atom. The number of alkyl halides is 39. The highest BCUT2D eigenvalue weighted by Crippen LogP contribution is 2.71. The van der Waals surface area contributed by atoms with Gasteiger partial charge in [0.25, 0.3) is 5.91 Å². The summed E-state index contributed by atoms with van der Waals surface area (Å²) in [6, 6.07) is -0.855. The Kier molecular flexibility index (Phi) is 16.4. The summed E-state index contributed by atoms with van der Waals surface area (Å²) >= 11 is 0. The average molecular weight is 1190 g/mol. The maximum atomic E-state index is 14.5. The molecule has 0 saturated carbocycles. The molecule has 4 nitrogen and oxygen atoms in total. The smallest absolute Gasteiger partial charge is 0.349 e. The van der Waals surface area contributed by atoms with Gasteiger partial charge in [-0.2, -0.15) is 176 Å². The van der Waals surface area contributed by atoms with Crippen LogP contribution >= 0.6 is 0 Å². The molecule has 0 spiro atoms. The van der Waals surface area contributed by atoms with Crippen LogP contribution in [0.3, 0.4) is 0 Å². The van der Waals surface area contributed by atoms with Gasteiger partial charge in [0, 0.05) is 18.0 Å². The van der Waals surface area contributed by atoms with Crippen molar-refractivity contribution in [3.8, 4) is 0 Å². The zero-order valence-corrected chi connectivity index (χ0v) is 33.5. The van der Waals surface area contributed by atoms with Gasteiger partial charge >= 0.3 is 113 Å². The Morgan fingerprint density at radius 3 is 0.865 bits per heavy atom. The monoisotopic (exact) mass is 1190 g/mol. The Hall–Kier alpha value is -4.66. The molecule has 432 valence electrons. The van der Waals surface area contributed by atoms with Crippen LogP contribution in [0.2, 0.25) is 0 Å². The normalized spacial score (nSPS) is 16.5. The molecule has 0 bridgehead atoms. The lowest BCUT2D eigenvalue weighted by atomic mass is 9.81. The molecule has 0 heterocycles. The van der Waals surface area contributed by atoms with Gasteiger partial charge in [-0.25, -0.2) is 4.79 Å². The number of carbonyl (C=O) groups excluding carboxylic acids is 2. The molecule has 0 aliphatic carbocycles. The van der Waals surface area contributed by atoms with Crippen molar-refractivity contribution < 1.29 is 181 Å². The maximum absolute atomic E-state index is 14.5. The third-order valence-electron chi connectivity index (χ3n) is 9.69. The number of hydrogen-bond donors (Lipinski definition) is 1. The molecule has 0 aromatic heterocycles. The molecule has 1 aromatic rings. The lowest BCUT2D eigenvalue weighted by Gasteiger charge is -2.47. The number of carbonyl (C=O) groups is 1. The summed E-state index contributed by atoms with van der Waals surface area (Å²) in [5, 5.41) is 1.18. The van der Waals surface area contributed by atoms with Crippen LogP contribution in [0.4, 0.5) is 177 Å². The maximum Gasteiger partial charge on any atom is 0.460 e. The van der Waals surface area contributed by atoms with Crippen LogP contribution in [-0.4, -0.2) is 131 Å². The van der Waals surface area contributed by atoms with E-state index in [0.29, 0.717) is 6.07 Å². The molecule has 0 aliphatic rings. The van der Waals surface area contributed by atoms with Gasteiger partial charge in [0.1, 0.15) is 0 Å². The topological polar surface area (TPSA) is 58.5 Å². The lowest BCUT2D eigenvalue weighted by Crippen LogP contribution is -2.80. The van der Waals surface area contributed by atoms with E-state index in [-0.39, 0.29) is 18.2 Å². The van der Waals surface area contributed by atoms with Crippen LogP contribution in [0.15, 0.2) is 23.2 Å². The predicted molar refractivity (Wildman–Crippen MR) is 156 cm³/mol. The summed E-state index contributed by atoms with van der Waals surface area (Å²) in [5.74, 6) is -180. The van der Waals surface area contributed by atoms with E-state index in [1.165, 1.54) is 5.32 Å². The molecule has 0 radical (unpaired) electrons. The quantitative estimate of drug-likeness (QED) is 0.0714. The van der Waals surface area contributed by atoms with Crippen molar-refractivity contribution in [1.82, 2.24) is 5.32 Å². The number of nitrogens with one attached hydrogen (secondary N) is 1. The second kappa shape index (κ2) is 18.0. The molecule has 1 unspecified atom stereocenters. The van der Waals surface area contributed by atoms with Crippen LogP contribution in [0, 0.1) is 6.92 Å². The SMILES string of the molecule is Cc1cc(N=C=O)ccc1C(=O)NC(C)CC(F)(F)C(F)(F)C(F)(F)C(F)(F)C(F)(F)C(F)(F)C(F)(F)C(F)(F)C(F)(F)C(F)(F)C(F)(F)C(F)(F)C(F)(F)C(F)(F)C(F)(F)C(F)(F)C(F)(F)C(F)(F)C(F)(F)F.